The highest BCUT2D eigenvalue weighted by Gasteiger charge is 2.11. The lowest BCUT2D eigenvalue weighted by atomic mass is 10.1. The lowest BCUT2D eigenvalue weighted by Crippen LogP contribution is -2.22. The van der Waals surface area contributed by atoms with E-state index in [0.717, 1.165) is 34.4 Å². The number of aromatic amines is 1. The fourth-order valence-electron chi connectivity index (χ4n) is 3.83. The number of amides is 1. The zero-order chi connectivity index (χ0) is 18.6. The molecule has 1 amide bonds. The van der Waals surface area contributed by atoms with Crippen LogP contribution < -0.4 is 11.1 Å². The van der Waals surface area contributed by atoms with Crippen LogP contribution in [0.2, 0.25) is 0 Å². The van der Waals surface area contributed by atoms with Crippen molar-refractivity contribution in [3.8, 4) is 11.3 Å². The van der Waals surface area contributed by atoms with Crippen molar-refractivity contribution in [2.24, 2.45) is 5.73 Å². The summed E-state index contributed by atoms with van der Waals surface area (Å²) in [6.07, 6.45) is 3.87. The first-order chi connectivity index (χ1) is 13.2. The first kappa shape index (κ1) is 17.6. The second-order valence-corrected chi connectivity index (χ2v) is 7.22. The van der Waals surface area contributed by atoms with Gasteiger partial charge in [-0.2, -0.15) is 0 Å². The van der Waals surface area contributed by atoms with Crippen molar-refractivity contribution in [1.82, 2.24) is 9.88 Å². The van der Waals surface area contributed by atoms with Gasteiger partial charge < -0.3 is 20.9 Å². The van der Waals surface area contributed by atoms with Crippen molar-refractivity contribution in [3.63, 3.8) is 0 Å². The molecule has 0 saturated carbocycles. The van der Waals surface area contributed by atoms with Gasteiger partial charge in [-0.1, -0.05) is 24.3 Å². The van der Waals surface area contributed by atoms with Gasteiger partial charge in [0, 0.05) is 23.3 Å². The third-order valence-electron chi connectivity index (χ3n) is 5.30. The maximum absolute atomic E-state index is 11.6. The number of primary amides is 1. The monoisotopic (exact) mass is 362 g/mol. The van der Waals surface area contributed by atoms with E-state index in [9.17, 15) is 4.79 Å². The Hall–Kier alpha value is -2.79. The average Bonchev–Trinajstić information content (AvgIpc) is 3.34. The molecule has 0 radical (unpaired) electrons. The molecule has 1 aliphatic rings. The molecule has 0 atom stereocenters. The van der Waals surface area contributed by atoms with Crippen LogP contribution in [0, 0.1) is 0 Å². The maximum atomic E-state index is 11.6. The summed E-state index contributed by atoms with van der Waals surface area (Å²) in [5.74, 6) is -0.414. The molecule has 5 heteroatoms. The minimum absolute atomic E-state index is 0.414. The van der Waals surface area contributed by atoms with Crippen LogP contribution in [0.25, 0.3) is 22.2 Å². The van der Waals surface area contributed by atoms with Gasteiger partial charge >= 0.3 is 0 Å². The number of rotatable bonds is 7. The quantitative estimate of drug-likeness (QED) is 0.559. The van der Waals surface area contributed by atoms with Crippen LogP contribution in [0.4, 0.5) is 5.69 Å². The lowest BCUT2D eigenvalue weighted by Gasteiger charge is -2.14. The highest BCUT2D eigenvalue weighted by atomic mass is 16.1. The summed E-state index contributed by atoms with van der Waals surface area (Å²) < 4.78 is 0. The summed E-state index contributed by atoms with van der Waals surface area (Å²) in [6.45, 7) is 4.69. The van der Waals surface area contributed by atoms with Gasteiger partial charge in [0.15, 0.2) is 0 Å². The summed E-state index contributed by atoms with van der Waals surface area (Å²) in [5.41, 5.74) is 10.0. The van der Waals surface area contributed by atoms with Gasteiger partial charge in [-0.25, -0.2) is 0 Å². The molecule has 2 aromatic carbocycles. The summed E-state index contributed by atoms with van der Waals surface area (Å²) in [5, 5.41) is 4.49. The fraction of sp³-hybridized carbons (Fsp3) is 0.318. The van der Waals surface area contributed by atoms with Crippen LogP contribution in [0.1, 0.15) is 29.6 Å². The van der Waals surface area contributed by atoms with Crippen molar-refractivity contribution in [2.45, 2.75) is 19.3 Å². The Kier molecular flexibility index (Phi) is 5.12. The van der Waals surface area contributed by atoms with Gasteiger partial charge in [0.1, 0.15) is 0 Å². The Balaban J connectivity index is 1.40. The zero-order valence-electron chi connectivity index (χ0n) is 15.5. The number of fused-ring (bicyclic) bond motifs is 1. The first-order valence-corrected chi connectivity index (χ1v) is 9.69. The minimum Gasteiger partial charge on any atom is -0.385 e. The highest BCUT2D eigenvalue weighted by molar-refractivity contribution is 6.06. The van der Waals surface area contributed by atoms with Crippen molar-refractivity contribution >= 4 is 22.5 Å². The molecular weight excluding hydrogens is 336 g/mol. The van der Waals surface area contributed by atoms with Gasteiger partial charge in [0.05, 0.1) is 11.1 Å². The number of nitrogens with one attached hydrogen (secondary N) is 2. The van der Waals surface area contributed by atoms with E-state index in [-0.39, 0.29) is 0 Å². The third-order valence-corrected chi connectivity index (χ3v) is 5.30. The van der Waals surface area contributed by atoms with Gasteiger partial charge in [0.25, 0.3) is 5.91 Å². The van der Waals surface area contributed by atoms with Gasteiger partial charge in [-0.15, -0.1) is 0 Å². The molecule has 0 aliphatic carbocycles. The molecule has 1 aromatic heterocycles. The summed E-state index contributed by atoms with van der Waals surface area (Å²) in [7, 11) is 0. The standard InChI is InChI=1S/C22H26N4O/c23-22(27)19-6-3-5-17-15-20(25-21(17)19)16-7-9-18(10-8-16)24-11-4-14-26-12-1-2-13-26/h3,5-10,15,24-25H,1-2,4,11-14H2,(H2,23,27). The van der Waals surface area contributed by atoms with Crippen LogP contribution >= 0.6 is 0 Å². The van der Waals surface area contributed by atoms with E-state index in [1.165, 1.54) is 38.9 Å². The molecule has 0 spiro atoms. The van der Waals surface area contributed by atoms with Crippen LogP contribution in [0.5, 0.6) is 0 Å². The third kappa shape index (κ3) is 3.98. The van der Waals surface area contributed by atoms with E-state index in [4.69, 9.17) is 5.73 Å². The smallest absolute Gasteiger partial charge is 0.250 e. The van der Waals surface area contributed by atoms with Crippen molar-refractivity contribution in [2.75, 3.05) is 31.5 Å². The maximum Gasteiger partial charge on any atom is 0.250 e. The number of hydrogen-bond donors (Lipinski definition) is 3. The normalized spacial score (nSPS) is 14.7. The summed E-state index contributed by atoms with van der Waals surface area (Å²) in [4.78, 5) is 17.5. The number of aromatic nitrogens is 1. The van der Waals surface area contributed by atoms with E-state index in [2.05, 4.69) is 45.5 Å². The number of carbonyl (C=O) groups is 1. The van der Waals surface area contributed by atoms with E-state index in [1.54, 1.807) is 6.07 Å². The van der Waals surface area contributed by atoms with Crippen molar-refractivity contribution in [1.29, 1.82) is 0 Å². The first-order valence-electron chi connectivity index (χ1n) is 9.69. The van der Waals surface area contributed by atoms with Gasteiger partial charge in [0.2, 0.25) is 0 Å². The van der Waals surface area contributed by atoms with Gasteiger partial charge in [-0.3, -0.25) is 4.79 Å². The Morgan fingerprint density at radius 3 is 2.63 bits per heavy atom. The molecule has 4 N–H and O–H groups in total. The van der Waals surface area contributed by atoms with E-state index in [1.807, 2.05) is 12.1 Å². The van der Waals surface area contributed by atoms with Crippen LogP contribution in [0.15, 0.2) is 48.5 Å². The highest BCUT2D eigenvalue weighted by Crippen LogP contribution is 2.27. The molecule has 27 heavy (non-hydrogen) atoms. The summed E-state index contributed by atoms with van der Waals surface area (Å²) >= 11 is 0. The van der Waals surface area contributed by atoms with E-state index < -0.39 is 5.91 Å². The predicted molar refractivity (Wildman–Crippen MR) is 111 cm³/mol. The Morgan fingerprint density at radius 2 is 1.89 bits per heavy atom. The number of anilines is 1. The molecule has 2 heterocycles. The number of nitrogens with two attached hydrogens (primary N) is 1. The molecule has 0 unspecified atom stereocenters. The number of hydrogen-bond acceptors (Lipinski definition) is 3. The Labute approximate surface area is 159 Å². The molecular formula is C22H26N4O. The second-order valence-electron chi connectivity index (χ2n) is 7.22. The second kappa shape index (κ2) is 7.84. The van der Waals surface area contributed by atoms with Crippen LogP contribution in [-0.2, 0) is 0 Å². The SMILES string of the molecule is NC(=O)c1cccc2cc(-c3ccc(NCCCN4CCCC4)cc3)[nH]c12. The predicted octanol–water partition coefficient (Wildman–Crippen LogP) is 3.83. The minimum atomic E-state index is -0.414. The molecule has 3 aromatic rings. The molecule has 5 nitrogen and oxygen atoms in total. The molecule has 1 saturated heterocycles. The number of nitrogens with zero attached hydrogens (tertiary/aromatic N) is 1. The Bertz CT molecular complexity index is 923. The molecule has 1 fully saturated rings. The van der Waals surface area contributed by atoms with Crippen molar-refractivity contribution < 1.29 is 4.79 Å². The van der Waals surface area contributed by atoms with Crippen LogP contribution in [0.3, 0.4) is 0 Å². The molecule has 1 aliphatic heterocycles. The number of likely N-dealkylation sites (tertiary alicyclic amines) is 1. The van der Waals surface area contributed by atoms with E-state index in [0.29, 0.717) is 5.56 Å². The lowest BCUT2D eigenvalue weighted by molar-refractivity contribution is 0.100. The molecule has 140 valence electrons. The Morgan fingerprint density at radius 1 is 1.11 bits per heavy atom. The largest absolute Gasteiger partial charge is 0.385 e. The topological polar surface area (TPSA) is 74.2 Å². The van der Waals surface area contributed by atoms with Crippen LogP contribution in [-0.4, -0.2) is 42.0 Å². The molecule has 4 rings (SSSR count). The van der Waals surface area contributed by atoms with Crippen molar-refractivity contribution in [3.05, 3.63) is 54.1 Å². The number of para-hydroxylation sites is 1. The summed E-state index contributed by atoms with van der Waals surface area (Å²) in [6, 6.07) is 16.0. The number of benzene rings is 2. The van der Waals surface area contributed by atoms with Gasteiger partial charge in [-0.05, 0) is 68.7 Å². The average molecular weight is 362 g/mol. The molecule has 0 bridgehead atoms. The van der Waals surface area contributed by atoms with E-state index >= 15 is 0 Å². The number of H-pyrrole nitrogens is 1. The zero-order valence-corrected chi connectivity index (χ0v) is 15.5. The fourth-order valence-corrected chi connectivity index (χ4v) is 3.83. The number of carbonyl (C=O) groups excluding carboxylic acids is 1.